The Morgan fingerprint density at radius 1 is 0.486 bits per heavy atom. The molecule has 8 aliphatic rings. The van der Waals surface area contributed by atoms with Gasteiger partial charge in [-0.15, -0.1) is 0 Å². The average Bonchev–Trinajstić information content (AvgIpc) is 3.84. The molecule has 8 fully saturated rings. The van der Waals surface area contributed by atoms with Gasteiger partial charge in [-0.25, -0.2) is 19.6 Å². The van der Waals surface area contributed by atoms with E-state index < -0.39 is 17.5 Å². The van der Waals surface area contributed by atoms with Crippen molar-refractivity contribution < 1.29 is 54.5 Å². The molecule has 4 aliphatic heterocycles. The van der Waals surface area contributed by atoms with Crippen molar-refractivity contribution in [3.8, 4) is 0 Å². The molecule has 12 rings (SSSR count). The maximum absolute atomic E-state index is 13.4. The summed E-state index contributed by atoms with van der Waals surface area (Å²) < 4.78 is 8.73. The molecule has 72 heavy (non-hydrogen) atoms. The van der Waals surface area contributed by atoms with Crippen molar-refractivity contribution in [3.63, 3.8) is 0 Å². The van der Waals surface area contributed by atoms with Crippen molar-refractivity contribution in [3.05, 3.63) is 80.6 Å². The molecule has 0 radical (unpaired) electrons. The van der Waals surface area contributed by atoms with Gasteiger partial charge in [0.1, 0.15) is 0 Å². The van der Waals surface area contributed by atoms with Crippen LogP contribution in [0.25, 0.3) is 22.1 Å². The summed E-state index contributed by atoms with van der Waals surface area (Å²) in [5.74, 6) is -1.86. The zero-order valence-electron chi connectivity index (χ0n) is 43.8. The number of ether oxygens (including phenoxy) is 1. The van der Waals surface area contributed by atoms with Crippen molar-refractivity contribution >= 4 is 34.0 Å². The number of piperidine rings is 2. The first-order valence-electron chi connectivity index (χ1n) is 28.3. The van der Waals surface area contributed by atoms with Crippen LogP contribution in [0.3, 0.4) is 0 Å². The Bertz CT molecular complexity index is 2430. The van der Waals surface area contributed by atoms with Crippen LogP contribution in [-0.2, 0) is 4.74 Å². The summed E-state index contributed by atoms with van der Waals surface area (Å²) >= 11 is 0. The van der Waals surface area contributed by atoms with Crippen molar-refractivity contribution in [1.82, 2.24) is 28.9 Å². The second-order valence-corrected chi connectivity index (χ2v) is 22.0. The van der Waals surface area contributed by atoms with E-state index in [-0.39, 0.29) is 70.7 Å². The van der Waals surface area contributed by atoms with Crippen molar-refractivity contribution in [2.24, 2.45) is 0 Å². The fourth-order valence-electron chi connectivity index (χ4n) is 14.4. The minimum atomic E-state index is -1.24. The van der Waals surface area contributed by atoms with Crippen LogP contribution >= 0.6 is 0 Å². The number of carbonyl (C=O) groups excluding carboxylic acids is 1. The molecule has 13 nitrogen and oxygen atoms in total. The minimum Gasteiger partial charge on any atom is -0.870 e. The zero-order chi connectivity index (χ0) is 48.4. The van der Waals surface area contributed by atoms with Gasteiger partial charge in [-0.1, -0.05) is 140 Å². The first kappa shape index (κ1) is 56.3. The quantitative estimate of drug-likeness (QED) is 0.138. The van der Waals surface area contributed by atoms with Gasteiger partial charge in [-0.3, -0.25) is 19.4 Å². The van der Waals surface area contributed by atoms with Crippen LogP contribution in [0.1, 0.15) is 233 Å². The van der Waals surface area contributed by atoms with E-state index in [4.69, 9.17) is 4.74 Å². The number of carbonyl (C=O) groups is 2. The molecule has 2 unspecified atom stereocenters. The van der Waals surface area contributed by atoms with E-state index in [0.717, 1.165) is 42.8 Å². The van der Waals surface area contributed by atoms with Gasteiger partial charge in [0.2, 0.25) is 11.4 Å². The summed E-state index contributed by atoms with van der Waals surface area (Å²) in [5.41, 5.74) is 1.64. The number of carboxylic acid groups (broad SMARTS) is 1. The second-order valence-electron chi connectivity index (χ2n) is 22.0. The molecule has 4 saturated heterocycles. The first-order valence-corrected chi connectivity index (χ1v) is 28.3. The smallest absolute Gasteiger partial charge is 0.870 e. The molecule has 14 heteroatoms. The van der Waals surface area contributed by atoms with Gasteiger partial charge in [0, 0.05) is 48.3 Å². The summed E-state index contributed by atoms with van der Waals surface area (Å²) in [4.78, 5) is 64.6. The van der Waals surface area contributed by atoms with Gasteiger partial charge in [0.15, 0.2) is 0 Å². The molecule has 4 bridgehead atoms. The molecule has 6 heterocycles. The van der Waals surface area contributed by atoms with Crippen LogP contribution in [0.15, 0.2) is 58.1 Å². The van der Waals surface area contributed by atoms with E-state index in [1.807, 2.05) is 47.0 Å². The fraction of sp³-hybridized carbons (Fsp3) is 0.690. The predicted molar refractivity (Wildman–Crippen MR) is 280 cm³/mol. The maximum Gasteiger partial charge on any atom is 1.00 e. The van der Waals surface area contributed by atoms with E-state index in [1.54, 1.807) is 17.6 Å². The van der Waals surface area contributed by atoms with Crippen LogP contribution in [-0.4, -0.2) is 94.3 Å². The number of esters is 1. The number of fused-ring (bicyclic) bond motifs is 6. The summed E-state index contributed by atoms with van der Waals surface area (Å²) in [7, 11) is 0. The zero-order valence-corrected chi connectivity index (χ0v) is 45.8. The number of hydrogen-bond acceptors (Lipinski definition) is 10. The molecular weight excluding hydrogens is 916 g/mol. The van der Waals surface area contributed by atoms with E-state index >= 15 is 0 Å². The summed E-state index contributed by atoms with van der Waals surface area (Å²) in [6.45, 7) is 1.98. The van der Waals surface area contributed by atoms with Crippen LogP contribution in [0.5, 0.6) is 0 Å². The van der Waals surface area contributed by atoms with E-state index in [1.165, 1.54) is 167 Å². The van der Waals surface area contributed by atoms with Gasteiger partial charge >= 0.3 is 41.5 Å². The van der Waals surface area contributed by atoms with Crippen LogP contribution in [0.2, 0.25) is 0 Å². The molecular formula is C58H83N6NaO7. The molecule has 4 aromatic rings. The fourth-order valence-corrected chi connectivity index (χ4v) is 14.4. The van der Waals surface area contributed by atoms with Crippen molar-refractivity contribution in [2.75, 3.05) is 6.61 Å². The van der Waals surface area contributed by atoms with E-state index in [9.17, 15) is 24.3 Å². The number of benzene rings is 2. The number of hydrogen-bond donors (Lipinski definition) is 1. The van der Waals surface area contributed by atoms with Gasteiger partial charge in [-0.2, -0.15) is 0 Å². The minimum absolute atomic E-state index is 0. The Labute approximate surface area is 449 Å². The summed E-state index contributed by atoms with van der Waals surface area (Å²) in [6.07, 6.45) is 40.0. The second kappa shape index (κ2) is 27.4. The normalized spacial score (nSPS) is 26.6. The predicted octanol–water partition coefficient (Wildman–Crippen LogP) is 9.18. The number of aromatic carboxylic acids is 1. The molecule has 0 spiro atoms. The SMILES string of the molecule is C1CCCCC1.C1CCCCC1.CCOC(=O)c1nc2ccccc2n(C2C[C@H]3CC[C@@H](C2)N3C2CCCCC2)c1=O.O=C(O)c1nc2ccccc2n(C2C[C@H]3CC[C@@H](C2)N3C2CCCCC2)c1=O.[Na+].[OH-]. The first-order chi connectivity index (χ1) is 34.3. The van der Waals surface area contributed by atoms with E-state index in [0.29, 0.717) is 41.2 Å². The van der Waals surface area contributed by atoms with Crippen molar-refractivity contribution in [1.29, 1.82) is 0 Å². The number of rotatable bonds is 7. The Morgan fingerprint density at radius 2 is 0.806 bits per heavy atom. The van der Waals surface area contributed by atoms with Gasteiger partial charge < -0.3 is 24.5 Å². The molecule has 2 aromatic carbocycles. The third kappa shape index (κ3) is 13.1. The van der Waals surface area contributed by atoms with Gasteiger partial charge in [0.05, 0.1) is 28.7 Å². The molecule has 2 aromatic heterocycles. The van der Waals surface area contributed by atoms with Crippen LogP contribution in [0.4, 0.5) is 0 Å². The average molecular weight is 999 g/mol. The van der Waals surface area contributed by atoms with E-state index in [2.05, 4.69) is 19.8 Å². The summed E-state index contributed by atoms with van der Waals surface area (Å²) in [6, 6.07) is 18.8. The number of para-hydroxylation sites is 4. The molecule has 0 amide bonds. The monoisotopic (exact) mass is 999 g/mol. The standard InChI is InChI=1S/C24H31N3O3.C22H27N3O3.2C6H12.Na.H2O/c1-2-30-24(29)22-23(28)27(21-11-7-6-10-20(21)25-22)19-14-17-12-13-18(15-19)26(17)16-8-4-3-5-9-16;26-21-20(22(27)28)23-18-8-4-5-9-19(18)25(21)17-12-15-10-11-16(13-17)24(15)14-6-2-1-3-7-14;2*1-2-4-6-5-3-1;;/h6-7,10-11,16-19H,2-5,8-9,12-15H2,1H3;4-5,8-9,14-17H,1-3,6-7,10-13H2,(H,27,28);2*1-6H2;;1H2/q;;;;+1;/p-1/t17-,18+,19?;15-,16+,17?;;;;. The largest absolute Gasteiger partial charge is 1.00 e. The molecule has 388 valence electrons. The Morgan fingerprint density at radius 3 is 1.15 bits per heavy atom. The Balaban J connectivity index is 0.000000168. The van der Waals surface area contributed by atoms with Crippen molar-refractivity contribution in [2.45, 2.75) is 248 Å². The maximum atomic E-state index is 13.4. The molecule has 4 aliphatic carbocycles. The third-order valence-electron chi connectivity index (χ3n) is 17.5. The topological polar surface area (TPSA) is 170 Å². The number of aromatic nitrogens is 4. The molecule has 6 atom stereocenters. The molecule has 4 saturated carbocycles. The number of carboxylic acids is 1. The van der Waals surface area contributed by atoms with Gasteiger partial charge in [0.25, 0.3) is 11.1 Å². The van der Waals surface area contributed by atoms with Gasteiger partial charge in [-0.05, 0) is 108 Å². The van der Waals surface area contributed by atoms with Crippen LogP contribution in [0, 0.1) is 0 Å². The van der Waals surface area contributed by atoms with Crippen LogP contribution < -0.4 is 40.7 Å². The summed E-state index contributed by atoms with van der Waals surface area (Å²) in [5, 5.41) is 9.49. The third-order valence-corrected chi connectivity index (χ3v) is 17.5. The molecule has 2 N–H and O–H groups in total. The Hall–Kier alpha value is -3.46. The number of nitrogens with zero attached hydrogens (tertiary/aromatic N) is 6. The Kier molecular flexibility index (Phi) is 21.4.